The molecule has 6 rings (SSSR count). The second kappa shape index (κ2) is 12.3. The molecule has 232 valence electrons. The topological polar surface area (TPSA) is 134 Å². The molecule has 10 nitrogen and oxygen atoms in total. The van der Waals surface area contributed by atoms with E-state index in [0.717, 1.165) is 5.56 Å². The Bertz CT molecular complexity index is 1680. The van der Waals surface area contributed by atoms with Gasteiger partial charge in [0.25, 0.3) is 11.8 Å². The van der Waals surface area contributed by atoms with E-state index in [1.165, 1.54) is 29.2 Å². The number of amides is 2. The van der Waals surface area contributed by atoms with Crippen LogP contribution in [0.3, 0.4) is 0 Å². The van der Waals surface area contributed by atoms with Crippen LogP contribution in [0, 0.1) is 5.41 Å². The van der Waals surface area contributed by atoms with Gasteiger partial charge < -0.3 is 19.7 Å². The minimum absolute atomic E-state index is 0.0586. The van der Waals surface area contributed by atoms with Crippen molar-refractivity contribution in [3.8, 4) is 11.1 Å². The lowest BCUT2D eigenvalue weighted by atomic mass is 10.0. The van der Waals surface area contributed by atoms with Gasteiger partial charge in [0.1, 0.15) is 12.6 Å². The summed E-state index contributed by atoms with van der Waals surface area (Å²) in [6, 6.07) is 18.3. The first-order valence-corrected chi connectivity index (χ1v) is 14.8. The normalized spacial score (nSPS) is 21.6. The van der Waals surface area contributed by atoms with Crippen LogP contribution >= 0.6 is 0 Å². The number of esters is 1. The molecule has 45 heavy (non-hydrogen) atoms. The Hall–Kier alpha value is -4.80. The van der Waals surface area contributed by atoms with Crippen molar-refractivity contribution in [2.24, 2.45) is 10.5 Å². The molecule has 0 aromatic heterocycles. The number of likely N-dealkylation sites (tertiary alicyclic amines) is 1. The van der Waals surface area contributed by atoms with Gasteiger partial charge in [0, 0.05) is 46.2 Å². The molecule has 2 amide bonds. The highest BCUT2D eigenvalue weighted by Crippen LogP contribution is 2.60. The molecule has 1 aliphatic heterocycles. The number of nitrogens with zero attached hydrogens (tertiary/aromatic N) is 4. The van der Waals surface area contributed by atoms with E-state index < -0.39 is 35.2 Å². The number of fused-ring (bicyclic) bond motifs is 4. The predicted octanol–water partition coefficient (Wildman–Crippen LogP) is 5.36. The maximum Gasteiger partial charge on any atom is 0.329 e. The zero-order chi connectivity index (χ0) is 31.6. The average Bonchev–Trinajstić information content (AvgIpc) is 3.58. The first-order chi connectivity index (χ1) is 21.7. The summed E-state index contributed by atoms with van der Waals surface area (Å²) < 4.78 is 41.3. The van der Waals surface area contributed by atoms with Crippen molar-refractivity contribution in [3.63, 3.8) is 0 Å². The molecule has 3 atom stereocenters. The summed E-state index contributed by atoms with van der Waals surface area (Å²) in [7, 11) is 0. The number of carbonyl (C=O) groups is 3. The summed E-state index contributed by atoms with van der Waals surface area (Å²) in [5.41, 5.74) is 9.34. The van der Waals surface area contributed by atoms with Gasteiger partial charge in [0.15, 0.2) is 0 Å². The third-order valence-corrected chi connectivity index (χ3v) is 8.78. The summed E-state index contributed by atoms with van der Waals surface area (Å²) in [4.78, 5) is 44.1. The highest BCUT2D eigenvalue weighted by Gasteiger charge is 2.67. The number of benzene rings is 3. The first kappa shape index (κ1) is 30.2. The zero-order valence-electron chi connectivity index (χ0n) is 24.3. The van der Waals surface area contributed by atoms with E-state index in [1.807, 2.05) is 30.3 Å². The van der Waals surface area contributed by atoms with E-state index >= 15 is 0 Å². The molecule has 1 saturated carbocycles. The fourth-order valence-electron chi connectivity index (χ4n) is 6.45. The van der Waals surface area contributed by atoms with Crippen molar-refractivity contribution in [2.45, 2.75) is 43.9 Å². The zero-order valence-corrected chi connectivity index (χ0v) is 24.3. The van der Waals surface area contributed by atoms with E-state index in [2.05, 4.69) is 15.3 Å². The van der Waals surface area contributed by atoms with Gasteiger partial charge in [0.2, 0.25) is 5.91 Å². The molecular weight excluding hydrogens is 584 g/mol. The number of ether oxygens (including phenoxy) is 2. The molecule has 3 aromatic carbocycles. The Morgan fingerprint density at radius 3 is 2.56 bits per heavy atom. The fourth-order valence-corrected chi connectivity index (χ4v) is 6.45. The van der Waals surface area contributed by atoms with Gasteiger partial charge in [-0.25, -0.2) is 4.79 Å². The molecule has 12 heteroatoms. The average molecular weight is 616 g/mol. The Morgan fingerprint density at radius 2 is 1.76 bits per heavy atom. The smallest absolute Gasteiger partial charge is 0.329 e. The number of piperidine rings is 1. The largest absolute Gasteiger partial charge is 0.459 e. The fraction of sp³-hybridized carbons (Fsp3) is 0.364. The highest BCUT2D eigenvalue weighted by atomic mass is 19.3. The number of carbonyl (C=O) groups excluding carboxylic acids is 3. The monoisotopic (exact) mass is 615 g/mol. The Kier molecular flexibility index (Phi) is 8.26. The number of halogens is 2. The lowest BCUT2D eigenvalue weighted by Gasteiger charge is -2.26. The number of hydrogen-bond donors (Lipinski definition) is 1. The molecular formula is C33H31F2N5O5. The molecule has 0 radical (unpaired) electrons. The summed E-state index contributed by atoms with van der Waals surface area (Å²) in [5, 5.41) is 6.10. The molecule has 0 bridgehead atoms. The molecule has 1 saturated heterocycles. The summed E-state index contributed by atoms with van der Waals surface area (Å²) in [5.74, 6) is -4.74. The molecule has 1 heterocycles. The molecule has 3 aliphatic rings. The van der Waals surface area contributed by atoms with Crippen LogP contribution in [0.15, 0.2) is 77.9 Å². The van der Waals surface area contributed by atoms with Gasteiger partial charge in [-0.1, -0.05) is 65.8 Å². The van der Waals surface area contributed by atoms with Crippen molar-refractivity contribution < 1.29 is 32.6 Å². The molecule has 1 N–H and O–H groups in total. The summed E-state index contributed by atoms with van der Waals surface area (Å²) in [6.07, 6.45) is 1.55. The van der Waals surface area contributed by atoms with Crippen molar-refractivity contribution >= 4 is 17.8 Å². The second-order valence-electron chi connectivity index (χ2n) is 11.6. The third-order valence-electron chi connectivity index (χ3n) is 8.78. The van der Waals surface area contributed by atoms with Crippen molar-refractivity contribution in [1.29, 1.82) is 0 Å². The van der Waals surface area contributed by atoms with Gasteiger partial charge >= 0.3 is 5.97 Å². The van der Waals surface area contributed by atoms with Gasteiger partial charge in [-0.2, -0.15) is 8.78 Å². The summed E-state index contributed by atoms with van der Waals surface area (Å²) >= 11 is 0. The van der Waals surface area contributed by atoms with Crippen LogP contribution in [0.5, 0.6) is 0 Å². The maximum absolute atomic E-state index is 14.9. The SMILES string of the molecule is [N-]=[N+]=NCCCOC[C@@]12C[C@@H]1N(C(=O)CNC(=O)c1ccc3c(c1)-c1ccccc1C3(F)F)[C@H](C(=O)OCc1ccccc1)C2. The van der Waals surface area contributed by atoms with Gasteiger partial charge in [-0.15, -0.1) is 0 Å². The minimum Gasteiger partial charge on any atom is -0.459 e. The number of azide groups is 1. The molecule has 2 fully saturated rings. The number of rotatable bonds is 12. The van der Waals surface area contributed by atoms with Crippen LogP contribution < -0.4 is 5.32 Å². The lowest BCUT2D eigenvalue weighted by Crippen LogP contribution is -2.48. The van der Waals surface area contributed by atoms with Crippen LogP contribution in [-0.2, 0) is 31.6 Å². The molecule has 2 aliphatic carbocycles. The predicted molar refractivity (Wildman–Crippen MR) is 159 cm³/mol. The number of alkyl halides is 2. The Labute approximate surface area is 257 Å². The van der Waals surface area contributed by atoms with E-state index in [1.54, 1.807) is 18.2 Å². The number of nitrogens with one attached hydrogen (secondary N) is 1. The molecule has 3 aromatic rings. The van der Waals surface area contributed by atoms with Crippen LogP contribution in [0.4, 0.5) is 8.78 Å². The Balaban J connectivity index is 1.13. The van der Waals surface area contributed by atoms with E-state index in [4.69, 9.17) is 15.0 Å². The molecule has 0 spiro atoms. The van der Waals surface area contributed by atoms with Crippen LogP contribution in [0.25, 0.3) is 21.6 Å². The van der Waals surface area contributed by atoms with E-state index in [-0.39, 0.29) is 41.4 Å². The molecule has 0 unspecified atom stereocenters. The minimum atomic E-state index is -3.16. The first-order valence-electron chi connectivity index (χ1n) is 14.8. The van der Waals surface area contributed by atoms with Crippen LogP contribution in [0.1, 0.15) is 46.3 Å². The summed E-state index contributed by atoms with van der Waals surface area (Å²) in [6.45, 7) is 0.685. The van der Waals surface area contributed by atoms with Crippen LogP contribution in [-0.4, -0.2) is 61.1 Å². The maximum atomic E-state index is 14.9. The van der Waals surface area contributed by atoms with Crippen molar-refractivity contribution in [3.05, 3.63) is 105 Å². The quantitative estimate of drug-likeness (QED) is 0.0963. The van der Waals surface area contributed by atoms with Crippen LogP contribution in [0.2, 0.25) is 0 Å². The van der Waals surface area contributed by atoms with Gasteiger partial charge in [-0.05, 0) is 53.6 Å². The lowest BCUT2D eigenvalue weighted by molar-refractivity contribution is -0.155. The van der Waals surface area contributed by atoms with Crippen molar-refractivity contribution in [2.75, 3.05) is 26.3 Å². The van der Waals surface area contributed by atoms with Gasteiger partial charge in [-0.3, -0.25) is 9.59 Å². The van der Waals surface area contributed by atoms with E-state index in [0.29, 0.717) is 44.6 Å². The van der Waals surface area contributed by atoms with E-state index in [9.17, 15) is 23.2 Å². The standard InChI is InChI=1S/C33H31F2N5O5/c34-33(35)25-10-5-4-9-23(25)24-15-22(11-12-26(24)33)30(42)37-18-29(41)40-27(31(43)45-19-21-7-2-1-3-8-21)16-32(17-28(32)40)20-44-14-6-13-38-39-36/h1-5,7-12,15,27-28H,6,13-14,16-20H2,(H,37,42)/t27-,28-,32+/m0/s1. The van der Waals surface area contributed by atoms with Gasteiger partial charge in [0.05, 0.1) is 13.2 Å². The van der Waals surface area contributed by atoms with Crippen molar-refractivity contribution in [1.82, 2.24) is 10.2 Å². The third kappa shape index (κ3) is 5.86. The number of hydrogen-bond acceptors (Lipinski definition) is 6. The Morgan fingerprint density at radius 1 is 1.00 bits per heavy atom. The second-order valence-corrected chi connectivity index (χ2v) is 11.6. The highest BCUT2D eigenvalue weighted by molar-refractivity contribution is 5.99.